The highest BCUT2D eigenvalue weighted by molar-refractivity contribution is 7.50. The second kappa shape index (κ2) is 3.75. The number of benzene rings is 1. The van der Waals surface area contributed by atoms with Gasteiger partial charge >= 0.3 is 6.18 Å². The lowest BCUT2D eigenvalue weighted by atomic mass is 10.2. The first kappa shape index (κ1) is 11.9. The minimum atomic E-state index is -4.31. The van der Waals surface area contributed by atoms with Crippen LogP contribution in [-0.2, 0) is 6.18 Å². The lowest BCUT2D eigenvalue weighted by molar-refractivity contribution is -0.137. The van der Waals surface area contributed by atoms with Gasteiger partial charge in [-0.15, -0.1) is 22.2 Å². The van der Waals surface area contributed by atoms with Gasteiger partial charge < -0.3 is 0 Å². The Kier molecular flexibility index (Phi) is 3.19. The summed E-state index contributed by atoms with van der Waals surface area (Å²) in [5.74, 6) is 0. The lowest BCUT2D eigenvalue weighted by Crippen LogP contribution is -2.32. The summed E-state index contributed by atoms with van der Waals surface area (Å²) in [5, 5.41) is 0.578. The summed E-state index contributed by atoms with van der Waals surface area (Å²) < 4.78 is 36.5. The fourth-order valence-corrected chi connectivity index (χ4v) is 2.46. The van der Waals surface area contributed by atoms with Crippen molar-refractivity contribution in [3.63, 3.8) is 0 Å². The fraction of sp³-hybridized carbons (Fsp3) is 0.250. The number of alkyl halides is 3. The van der Waals surface area contributed by atoms with Gasteiger partial charge in [0.1, 0.15) is 0 Å². The van der Waals surface area contributed by atoms with Crippen LogP contribution in [0.3, 0.4) is 0 Å². The summed E-state index contributed by atoms with van der Waals surface area (Å²) in [6.07, 6.45) is -4.31. The zero-order valence-corrected chi connectivity index (χ0v) is 9.71. The first-order chi connectivity index (χ1) is 6.21. The van der Waals surface area contributed by atoms with Gasteiger partial charge in [0.15, 0.2) is 0 Å². The molecule has 6 heteroatoms. The van der Waals surface area contributed by atoms with Crippen molar-refractivity contribution in [2.45, 2.75) is 12.7 Å². The van der Waals surface area contributed by atoms with Crippen LogP contribution in [0.1, 0.15) is 5.56 Å². The predicted octanol–water partition coefficient (Wildman–Crippen LogP) is 3.46. The molecule has 0 spiro atoms. The Morgan fingerprint density at radius 1 is 1.07 bits per heavy atom. The molecule has 0 fully saturated rings. The SMILES string of the molecule is C[Si](Cl)(Cl)c1ccc(C(F)(F)F)cc1. The van der Waals surface area contributed by atoms with Crippen LogP contribution >= 0.6 is 22.2 Å². The van der Waals surface area contributed by atoms with E-state index in [-0.39, 0.29) is 0 Å². The van der Waals surface area contributed by atoms with Gasteiger partial charge in [0, 0.05) is 0 Å². The molecule has 1 aromatic carbocycles. The molecule has 0 heterocycles. The maximum absolute atomic E-state index is 12.2. The molecule has 0 aliphatic carbocycles. The van der Waals surface area contributed by atoms with Gasteiger partial charge in [-0.2, -0.15) is 13.2 Å². The molecule has 0 unspecified atom stereocenters. The normalized spacial score (nSPS) is 13.0. The molecule has 0 atom stereocenters. The lowest BCUT2D eigenvalue weighted by Gasteiger charge is -2.12. The Balaban J connectivity index is 3.02. The van der Waals surface area contributed by atoms with Crippen molar-refractivity contribution < 1.29 is 13.2 Å². The molecule has 78 valence electrons. The Labute approximate surface area is 90.1 Å². The van der Waals surface area contributed by atoms with Crippen molar-refractivity contribution in [2.75, 3.05) is 0 Å². The van der Waals surface area contributed by atoms with E-state index in [0.29, 0.717) is 5.19 Å². The fourth-order valence-electron chi connectivity index (χ4n) is 0.952. The van der Waals surface area contributed by atoms with Crippen LogP contribution in [0.4, 0.5) is 13.2 Å². The Morgan fingerprint density at radius 3 is 1.79 bits per heavy atom. The Bertz CT molecular complexity index is 280. The first-order valence-electron chi connectivity index (χ1n) is 3.77. The van der Waals surface area contributed by atoms with Crippen molar-refractivity contribution >= 4 is 34.0 Å². The molecule has 1 rings (SSSR count). The largest absolute Gasteiger partial charge is 0.416 e. The molecule has 0 aliphatic rings. The molecule has 0 aromatic heterocycles. The molecular formula is C8H7Cl2F3Si. The average Bonchev–Trinajstić information content (AvgIpc) is 2.01. The second-order valence-electron chi connectivity index (χ2n) is 2.96. The van der Waals surface area contributed by atoms with Crippen LogP contribution in [0, 0.1) is 0 Å². The summed E-state index contributed by atoms with van der Waals surface area (Å²) in [4.78, 5) is 0. The third kappa shape index (κ3) is 2.90. The van der Waals surface area contributed by atoms with Crippen molar-refractivity contribution in [1.82, 2.24) is 0 Å². The third-order valence-corrected chi connectivity index (χ3v) is 4.38. The summed E-state index contributed by atoms with van der Waals surface area (Å²) >= 11 is 11.7. The maximum Gasteiger partial charge on any atom is 0.416 e. The van der Waals surface area contributed by atoms with Gasteiger partial charge in [0.2, 0.25) is 0 Å². The monoisotopic (exact) mass is 258 g/mol. The quantitative estimate of drug-likeness (QED) is 0.535. The van der Waals surface area contributed by atoms with E-state index in [1.54, 1.807) is 6.55 Å². The molecule has 0 bridgehead atoms. The number of halogens is 5. The predicted molar refractivity (Wildman–Crippen MR) is 54.4 cm³/mol. The molecular weight excluding hydrogens is 252 g/mol. The summed E-state index contributed by atoms with van der Waals surface area (Å²) in [7, 11) is 0. The van der Waals surface area contributed by atoms with Gasteiger partial charge in [0.25, 0.3) is 6.69 Å². The molecule has 0 N–H and O–H groups in total. The van der Waals surface area contributed by atoms with E-state index in [2.05, 4.69) is 0 Å². The molecule has 0 amide bonds. The molecule has 0 saturated heterocycles. The van der Waals surface area contributed by atoms with Crippen LogP contribution in [-0.4, -0.2) is 6.69 Å². The van der Waals surface area contributed by atoms with Gasteiger partial charge in [-0.05, 0) is 11.7 Å². The standard InChI is InChI=1S/C8H7Cl2F3Si/c1-14(9,10)7-4-2-6(3-5-7)8(11,12)13/h2-5H,1H3. The number of hydrogen-bond acceptors (Lipinski definition) is 0. The van der Waals surface area contributed by atoms with Crippen molar-refractivity contribution in [3.05, 3.63) is 29.8 Å². The molecule has 0 nitrogen and oxygen atoms in total. The van der Waals surface area contributed by atoms with Crippen molar-refractivity contribution in [3.8, 4) is 0 Å². The minimum Gasteiger partial charge on any atom is -0.166 e. The van der Waals surface area contributed by atoms with E-state index in [1.165, 1.54) is 12.1 Å². The van der Waals surface area contributed by atoms with Crippen LogP contribution < -0.4 is 5.19 Å². The van der Waals surface area contributed by atoms with E-state index in [1.807, 2.05) is 0 Å². The van der Waals surface area contributed by atoms with Gasteiger partial charge in [-0.3, -0.25) is 0 Å². The molecule has 1 aromatic rings. The highest BCUT2D eigenvalue weighted by Crippen LogP contribution is 2.28. The van der Waals surface area contributed by atoms with Crippen LogP contribution in [0.15, 0.2) is 24.3 Å². The van der Waals surface area contributed by atoms with Gasteiger partial charge in [-0.1, -0.05) is 24.3 Å². The maximum atomic E-state index is 12.2. The highest BCUT2D eigenvalue weighted by atomic mass is 35.7. The van der Waals surface area contributed by atoms with E-state index >= 15 is 0 Å². The number of rotatable bonds is 1. The van der Waals surface area contributed by atoms with E-state index in [9.17, 15) is 13.2 Å². The van der Waals surface area contributed by atoms with Crippen LogP contribution in [0.2, 0.25) is 6.55 Å². The molecule has 0 aliphatic heterocycles. The molecule has 14 heavy (non-hydrogen) atoms. The Hall–Kier alpha value is -0.193. The van der Waals surface area contributed by atoms with Crippen LogP contribution in [0.25, 0.3) is 0 Å². The van der Waals surface area contributed by atoms with E-state index < -0.39 is 18.4 Å². The average molecular weight is 259 g/mol. The zero-order chi connectivity index (χ0) is 11.0. The third-order valence-electron chi connectivity index (χ3n) is 1.72. The summed E-state index contributed by atoms with van der Waals surface area (Å²) in [6.45, 7) is -0.901. The van der Waals surface area contributed by atoms with Gasteiger partial charge in [0.05, 0.1) is 5.56 Å². The number of hydrogen-bond donors (Lipinski definition) is 0. The van der Waals surface area contributed by atoms with Gasteiger partial charge in [-0.25, -0.2) is 0 Å². The van der Waals surface area contributed by atoms with Crippen molar-refractivity contribution in [1.29, 1.82) is 0 Å². The molecule has 0 saturated carbocycles. The van der Waals surface area contributed by atoms with E-state index in [4.69, 9.17) is 22.2 Å². The summed E-state index contributed by atoms with van der Waals surface area (Å²) in [6, 6.07) is 4.64. The first-order valence-corrected chi connectivity index (χ1v) is 8.29. The minimum absolute atomic E-state index is 0.578. The zero-order valence-electron chi connectivity index (χ0n) is 7.20. The van der Waals surface area contributed by atoms with Crippen LogP contribution in [0.5, 0.6) is 0 Å². The van der Waals surface area contributed by atoms with E-state index in [0.717, 1.165) is 12.1 Å². The topological polar surface area (TPSA) is 0 Å². The van der Waals surface area contributed by atoms with Crippen molar-refractivity contribution in [2.24, 2.45) is 0 Å². The second-order valence-corrected chi connectivity index (χ2v) is 10.4. The Morgan fingerprint density at radius 2 is 1.50 bits per heavy atom. The smallest absolute Gasteiger partial charge is 0.166 e. The summed E-state index contributed by atoms with van der Waals surface area (Å²) in [5.41, 5.74) is -0.687. The molecule has 0 radical (unpaired) electrons. The highest BCUT2D eigenvalue weighted by Gasteiger charge is 2.31.